The number of halogens is 6. The third kappa shape index (κ3) is 6.29. The van der Waals surface area contributed by atoms with E-state index in [1.807, 2.05) is 0 Å². The van der Waals surface area contributed by atoms with Gasteiger partial charge in [-0.15, -0.1) is 13.2 Å². The SMILES string of the molecule is CC(OCC(F)(F)F)C(=O)NC1CCN(c2cccc(OC(F)(F)F)c2)C1=O. The van der Waals surface area contributed by atoms with Crippen LogP contribution in [-0.4, -0.2) is 49.7 Å². The van der Waals surface area contributed by atoms with Gasteiger partial charge < -0.3 is 19.7 Å². The summed E-state index contributed by atoms with van der Waals surface area (Å²) in [7, 11) is 0. The molecular formula is C16H16F6N2O4. The molecule has 1 aromatic carbocycles. The molecule has 1 aromatic rings. The summed E-state index contributed by atoms with van der Waals surface area (Å²) in [5, 5.41) is 2.28. The summed E-state index contributed by atoms with van der Waals surface area (Å²) in [6.07, 6.45) is -10.8. The molecule has 1 aliphatic heterocycles. The van der Waals surface area contributed by atoms with Crippen molar-refractivity contribution in [2.75, 3.05) is 18.1 Å². The largest absolute Gasteiger partial charge is 0.573 e. The lowest BCUT2D eigenvalue weighted by Crippen LogP contribution is -2.46. The molecule has 2 unspecified atom stereocenters. The summed E-state index contributed by atoms with van der Waals surface area (Å²) in [5.41, 5.74) is 0.130. The Balaban J connectivity index is 1.97. The molecule has 1 aliphatic rings. The minimum absolute atomic E-state index is 0.0943. The van der Waals surface area contributed by atoms with Gasteiger partial charge in [0.25, 0.3) is 0 Å². The van der Waals surface area contributed by atoms with Gasteiger partial charge in [0.1, 0.15) is 24.5 Å². The Hall–Kier alpha value is -2.50. The predicted octanol–water partition coefficient (Wildman–Crippen LogP) is 2.77. The zero-order chi connectivity index (χ0) is 21.1. The van der Waals surface area contributed by atoms with Crippen LogP contribution >= 0.6 is 0 Å². The second kappa shape index (κ2) is 8.25. The summed E-state index contributed by atoms with van der Waals surface area (Å²) < 4.78 is 81.5. The number of ether oxygens (including phenoxy) is 2. The number of carbonyl (C=O) groups is 2. The molecule has 0 aliphatic carbocycles. The van der Waals surface area contributed by atoms with Crippen LogP contribution in [0.5, 0.6) is 5.75 Å². The molecule has 0 radical (unpaired) electrons. The van der Waals surface area contributed by atoms with Crippen LogP contribution in [0.25, 0.3) is 0 Å². The molecule has 2 rings (SSSR count). The fraction of sp³-hybridized carbons (Fsp3) is 0.500. The Morgan fingerprint density at radius 3 is 2.57 bits per heavy atom. The normalized spacial score (nSPS) is 18.9. The van der Waals surface area contributed by atoms with Crippen LogP contribution in [-0.2, 0) is 14.3 Å². The number of anilines is 1. The highest BCUT2D eigenvalue weighted by molar-refractivity contribution is 6.01. The maximum absolute atomic E-state index is 12.4. The maximum atomic E-state index is 12.4. The molecule has 12 heteroatoms. The lowest BCUT2D eigenvalue weighted by Gasteiger charge is -2.20. The van der Waals surface area contributed by atoms with E-state index in [4.69, 9.17) is 0 Å². The van der Waals surface area contributed by atoms with Gasteiger partial charge >= 0.3 is 12.5 Å². The molecule has 1 N–H and O–H groups in total. The van der Waals surface area contributed by atoms with E-state index in [0.29, 0.717) is 0 Å². The van der Waals surface area contributed by atoms with Crippen LogP contribution in [0.15, 0.2) is 24.3 Å². The zero-order valence-corrected chi connectivity index (χ0v) is 14.4. The Morgan fingerprint density at radius 1 is 1.29 bits per heavy atom. The monoisotopic (exact) mass is 414 g/mol. The van der Waals surface area contributed by atoms with Gasteiger partial charge in [0.05, 0.1) is 0 Å². The minimum atomic E-state index is -4.89. The van der Waals surface area contributed by atoms with Crippen molar-refractivity contribution in [2.45, 2.75) is 38.0 Å². The molecule has 2 atom stereocenters. The van der Waals surface area contributed by atoms with E-state index in [1.54, 1.807) is 0 Å². The second-order valence-corrected chi connectivity index (χ2v) is 5.95. The lowest BCUT2D eigenvalue weighted by molar-refractivity contribution is -0.274. The average molecular weight is 414 g/mol. The van der Waals surface area contributed by atoms with Crippen LogP contribution < -0.4 is 15.0 Å². The van der Waals surface area contributed by atoms with Crippen molar-refractivity contribution >= 4 is 17.5 Å². The Labute approximate surface area is 155 Å². The summed E-state index contributed by atoms with van der Waals surface area (Å²) in [5.74, 6) is -2.03. The summed E-state index contributed by atoms with van der Waals surface area (Å²) in [6, 6.07) is 3.71. The second-order valence-electron chi connectivity index (χ2n) is 5.95. The van der Waals surface area contributed by atoms with Crippen molar-refractivity contribution in [3.63, 3.8) is 0 Å². The highest BCUT2D eigenvalue weighted by Crippen LogP contribution is 2.29. The molecule has 1 saturated heterocycles. The molecule has 0 saturated carbocycles. The van der Waals surface area contributed by atoms with Crippen molar-refractivity contribution in [2.24, 2.45) is 0 Å². The fourth-order valence-corrected chi connectivity index (χ4v) is 2.50. The molecule has 156 valence electrons. The van der Waals surface area contributed by atoms with E-state index in [1.165, 1.54) is 12.1 Å². The first kappa shape index (κ1) is 21.8. The average Bonchev–Trinajstić information content (AvgIpc) is 2.91. The maximum Gasteiger partial charge on any atom is 0.573 e. The lowest BCUT2D eigenvalue weighted by atomic mass is 10.2. The van der Waals surface area contributed by atoms with Crippen LogP contribution in [0.2, 0.25) is 0 Å². The molecule has 1 fully saturated rings. The predicted molar refractivity (Wildman–Crippen MR) is 83.5 cm³/mol. The Kier molecular flexibility index (Phi) is 6.42. The van der Waals surface area contributed by atoms with E-state index >= 15 is 0 Å². The van der Waals surface area contributed by atoms with Gasteiger partial charge in [-0.05, 0) is 25.5 Å². The first-order valence-electron chi connectivity index (χ1n) is 8.01. The first-order valence-corrected chi connectivity index (χ1v) is 8.01. The molecule has 28 heavy (non-hydrogen) atoms. The third-order valence-corrected chi connectivity index (χ3v) is 3.75. The van der Waals surface area contributed by atoms with E-state index < -0.39 is 48.9 Å². The molecule has 0 bridgehead atoms. The molecule has 1 heterocycles. The van der Waals surface area contributed by atoms with Crippen molar-refractivity contribution in [1.82, 2.24) is 5.32 Å². The van der Waals surface area contributed by atoms with Gasteiger partial charge in [-0.1, -0.05) is 6.07 Å². The number of nitrogens with one attached hydrogen (secondary N) is 1. The summed E-state index contributed by atoms with van der Waals surface area (Å²) >= 11 is 0. The van der Waals surface area contributed by atoms with Crippen LogP contribution in [0.4, 0.5) is 32.0 Å². The van der Waals surface area contributed by atoms with E-state index in [9.17, 15) is 35.9 Å². The Bertz CT molecular complexity index is 722. The molecule has 0 spiro atoms. The molecule has 0 aromatic heterocycles. The van der Waals surface area contributed by atoms with Gasteiger partial charge in [0, 0.05) is 18.3 Å². The highest BCUT2D eigenvalue weighted by Gasteiger charge is 2.36. The number of nitrogens with zero attached hydrogens (tertiary/aromatic N) is 1. The molecule has 2 amide bonds. The van der Waals surface area contributed by atoms with Crippen molar-refractivity contribution in [3.05, 3.63) is 24.3 Å². The van der Waals surface area contributed by atoms with Crippen LogP contribution in [0, 0.1) is 0 Å². The fourth-order valence-electron chi connectivity index (χ4n) is 2.50. The van der Waals surface area contributed by atoms with Gasteiger partial charge in [0.15, 0.2) is 0 Å². The minimum Gasteiger partial charge on any atom is -0.406 e. The van der Waals surface area contributed by atoms with Gasteiger partial charge in [-0.2, -0.15) is 13.2 Å². The summed E-state index contributed by atoms with van der Waals surface area (Å²) in [4.78, 5) is 25.4. The summed E-state index contributed by atoms with van der Waals surface area (Å²) in [6.45, 7) is -0.411. The number of rotatable bonds is 6. The standard InChI is InChI=1S/C16H16F6N2O4/c1-9(27-8-15(17,18)19)13(25)23-12-5-6-24(14(12)26)10-3-2-4-11(7-10)28-16(20,21)22/h2-4,7,9,12H,5-6,8H2,1H3,(H,23,25). The number of hydrogen-bond acceptors (Lipinski definition) is 4. The van der Waals surface area contributed by atoms with Gasteiger partial charge in [-0.25, -0.2) is 0 Å². The number of carbonyl (C=O) groups excluding carboxylic acids is 2. The smallest absolute Gasteiger partial charge is 0.406 e. The number of amides is 2. The van der Waals surface area contributed by atoms with E-state index in [-0.39, 0.29) is 18.7 Å². The van der Waals surface area contributed by atoms with E-state index in [2.05, 4.69) is 14.8 Å². The van der Waals surface area contributed by atoms with Crippen molar-refractivity contribution in [1.29, 1.82) is 0 Å². The van der Waals surface area contributed by atoms with Crippen LogP contribution in [0.3, 0.4) is 0 Å². The van der Waals surface area contributed by atoms with E-state index in [0.717, 1.165) is 24.0 Å². The van der Waals surface area contributed by atoms with Crippen molar-refractivity contribution < 1.29 is 45.4 Å². The first-order chi connectivity index (χ1) is 12.9. The number of benzene rings is 1. The van der Waals surface area contributed by atoms with Gasteiger partial charge in [0.2, 0.25) is 11.8 Å². The topological polar surface area (TPSA) is 67.9 Å². The number of alkyl halides is 6. The van der Waals surface area contributed by atoms with Gasteiger partial charge in [-0.3, -0.25) is 9.59 Å². The quantitative estimate of drug-likeness (QED) is 0.727. The third-order valence-electron chi connectivity index (χ3n) is 3.75. The Morgan fingerprint density at radius 2 is 1.96 bits per heavy atom. The highest BCUT2D eigenvalue weighted by atomic mass is 19.4. The van der Waals surface area contributed by atoms with Crippen molar-refractivity contribution in [3.8, 4) is 5.75 Å². The number of hydrogen-bond donors (Lipinski definition) is 1. The van der Waals surface area contributed by atoms with Crippen LogP contribution in [0.1, 0.15) is 13.3 Å². The molecule has 6 nitrogen and oxygen atoms in total. The molecular weight excluding hydrogens is 398 g/mol. The zero-order valence-electron chi connectivity index (χ0n) is 14.4.